The van der Waals surface area contributed by atoms with Crippen molar-refractivity contribution in [1.29, 1.82) is 0 Å². The molecule has 3 aromatic rings. The second kappa shape index (κ2) is 15.1. The molecule has 3 N–H and O–H groups in total. The summed E-state index contributed by atoms with van der Waals surface area (Å²) in [5, 5.41) is 14.5. The fourth-order valence-electron chi connectivity index (χ4n) is 8.74. The van der Waals surface area contributed by atoms with Gasteiger partial charge in [-0.15, -0.1) is 0 Å². The van der Waals surface area contributed by atoms with Crippen molar-refractivity contribution in [2.75, 3.05) is 24.3 Å². The van der Waals surface area contributed by atoms with E-state index in [-0.39, 0.29) is 17.1 Å². The van der Waals surface area contributed by atoms with Gasteiger partial charge in [0.2, 0.25) is 0 Å². The lowest BCUT2D eigenvalue weighted by molar-refractivity contribution is -0.144. The second-order valence-corrected chi connectivity index (χ2v) is 16.9. The van der Waals surface area contributed by atoms with Gasteiger partial charge in [0.15, 0.2) is 0 Å². The standard InChI is InChI=1S/C39H49ClN2O7S/c1-26(25-49-35-13-18-41-34-10-5-7-27(2)36(34)35)21-29-22-28-11-12-32(48-19-3-4-20-50(45,46)47)24-33(28)38(29)14-16-39(17-15-38,37(43)44)42-31-9-6-8-30(40)23-31/h6,8-9,11-13,18,23-24,26-27,29,42H,3-5,7,10,14-17,19-22,25H2,1-2H3,(H,43,44)(H,45,46,47)/t26-,27-,29?,38?,39?/m1/s1. The van der Waals surface area contributed by atoms with E-state index >= 15 is 0 Å². The van der Waals surface area contributed by atoms with Crippen molar-refractivity contribution in [3.8, 4) is 11.5 Å². The molecule has 1 spiro atoms. The molecular formula is C39H49ClN2O7S. The van der Waals surface area contributed by atoms with Gasteiger partial charge in [-0.25, -0.2) is 4.79 Å². The summed E-state index contributed by atoms with van der Waals surface area (Å²) in [6.45, 7) is 5.44. The Kier molecular flexibility index (Phi) is 11.0. The van der Waals surface area contributed by atoms with E-state index in [1.54, 1.807) is 12.1 Å². The van der Waals surface area contributed by atoms with E-state index < -0.39 is 21.6 Å². The molecule has 1 aromatic heterocycles. The number of carbonyl (C=O) groups is 1. The number of hydrogen-bond donors (Lipinski definition) is 3. The molecule has 11 heteroatoms. The minimum Gasteiger partial charge on any atom is -0.494 e. The zero-order valence-electron chi connectivity index (χ0n) is 29.0. The number of aliphatic carboxylic acids is 1. The quantitative estimate of drug-likeness (QED) is 0.111. The number of fused-ring (bicyclic) bond motifs is 3. The number of anilines is 1. The van der Waals surface area contributed by atoms with Crippen LogP contribution in [0, 0.1) is 11.8 Å². The maximum Gasteiger partial charge on any atom is 0.329 e. The molecule has 270 valence electrons. The molecule has 2 aromatic carbocycles. The molecule has 3 aliphatic carbocycles. The predicted molar refractivity (Wildman–Crippen MR) is 195 cm³/mol. The fraction of sp³-hybridized carbons (Fsp3) is 0.538. The van der Waals surface area contributed by atoms with Gasteiger partial charge >= 0.3 is 5.97 Å². The molecule has 1 saturated carbocycles. The smallest absolute Gasteiger partial charge is 0.329 e. The van der Waals surface area contributed by atoms with Crippen LogP contribution in [0.1, 0.15) is 99.9 Å². The zero-order chi connectivity index (χ0) is 35.5. The van der Waals surface area contributed by atoms with Crippen molar-refractivity contribution < 1.29 is 32.3 Å². The number of pyridine rings is 1. The summed E-state index contributed by atoms with van der Waals surface area (Å²) in [5.74, 6) is 1.52. The van der Waals surface area contributed by atoms with Gasteiger partial charge in [0, 0.05) is 28.2 Å². The maximum atomic E-state index is 12.9. The van der Waals surface area contributed by atoms with Crippen LogP contribution in [0.15, 0.2) is 54.7 Å². The molecule has 1 fully saturated rings. The number of hydrogen-bond acceptors (Lipinski definition) is 7. The summed E-state index contributed by atoms with van der Waals surface area (Å²) in [6, 6.07) is 15.5. The van der Waals surface area contributed by atoms with Crippen LogP contribution in [0.4, 0.5) is 5.69 Å². The summed E-state index contributed by atoms with van der Waals surface area (Å²) in [6.07, 6.45) is 10.1. The van der Waals surface area contributed by atoms with Crippen LogP contribution in [-0.2, 0) is 33.2 Å². The molecular weight excluding hydrogens is 676 g/mol. The molecule has 0 bridgehead atoms. The highest BCUT2D eigenvalue weighted by atomic mass is 35.5. The Hall–Kier alpha value is -3.34. The Morgan fingerprint density at radius 1 is 1.10 bits per heavy atom. The molecule has 0 saturated heterocycles. The van der Waals surface area contributed by atoms with Gasteiger partial charge in [-0.1, -0.05) is 37.6 Å². The van der Waals surface area contributed by atoms with Gasteiger partial charge in [-0.3, -0.25) is 9.54 Å². The molecule has 3 aliphatic rings. The molecule has 0 amide bonds. The number of carboxylic acids is 1. The van der Waals surface area contributed by atoms with Gasteiger partial charge < -0.3 is 19.9 Å². The van der Waals surface area contributed by atoms with E-state index in [2.05, 4.69) is 36.3 Å². The Morgan fingerprint density at radius 3 is 2.64 bits per heavy atom. The first-order valence-electron chi connectivity index (χ1n) is 18.0. The minimum atomic E-state index is -4.00. The molecule has 6 rings (SSSR count). The lowest BCUT2D eigenvalue weighted by atomic mass is 9.59. The molecule has 0 radical (unpaired) electrons. The van der Waals surface area contributed by atoms with Gasteiger partial charge in [0.25, 0.3) is 10.1 Å². The van der Waals surface area contributed by atoms with Crippen LogP contribution in [-0.4, -0.2) is 53.5 Å². The largest absolute Gasteiger partial charge is 0.494 e. The number of aryl methyl sites for hydroxylation is 1. The SMILES string of the molecule is C[C@@H](COc1ccnc2c1[C@H](C)CCC2)CC1Cc2ccc(OCCCCS(=O)(=O)O)cc2C12CCC(Nc1cccc(Cl)c1)(C(=O)O)CC2. The van der Waals surface area contributed by atoms with E-state index in [0.717, 1.165) is 49.3 Å². The van der Waals surface area contributed by atoms with Crippen LogP contribution >= 0.6 is 11.6 Å². The highest BCUT2D eigenvalue weighted by molar-refractivity contribution is 7.85. The van der Waals surface area contributed by atoms with E-state index in [9.17, 15) is 18.3 Å². The van der Waals surface area contributed by atoms with E-state index in [1.807, 2.05) is 30.5 Å². The first kappa shape index (κ1) is 36.5. The molecule has 9 nitrogen and oxygen atoms in total. The lowest BCUT2D eigenvalue weighted by Gasteiger charge is -2.47. The average Bonchev–Trinajstić information content (AvgIpc) is 3.35. The second-order valence-electron chi connectivity index (χ2n) is 14.9. The molecule has 1 unspecified atom stereocenters. The number of aromatic nitrogens is 1. The molecule has 1 heterocycles. The number of nitrogens with zero attached hydrogens (tertiary/aromatic N) is 1. The maximum absolute atomic E-state index is 12.9. The topological polar surface area (TPSA) is 135 Å². The van der Waals surface area contributed by atoms with E-state index in [4.69, 9.17) is 25.6 Å². The Bertz CT molecular complexity index is 1790. The van der Waals surface area contributed by atoms with Gasteiger partial charge in [-0.2, -0.15) is 8.42 Å². The molecule has 50 heavy (non-hydrogen) atoms. The van der Waals surface area contributed by atoms with Crippen molar-refractivity contribution in [2.45, 2.75) is 101 Å². The van der Waals surface area contributed by atoms with E-state index in [0.29, 0.717) is 74.3 Å². The third kappa shape index (κ3) is 8.08. The number of ether oxygens (including phenoxy) is 2. The van der Waals surface area contributed by atoms with Crippen molar-refractivity contribution in [2.24, 2.45) is 11.8 Å². The number of halogens is 1. The third-order valence-electron chi connectivity index (χ3n) is 11.3. The Labute approximate surface area is 300 Å². The summed E-state index contributed by atoms with van der Waals surface area (Å²) < 4.78 is 43.9. The van der Waals surface area contributed by atoms with Crippen LogP contribution in [0.3, 0.4) is 0 Å². The van der Waals surface area contributed by atoms with Crippen molar-refractivity contribution in [3.05, 3.63) is 82.1 Å². The van der Waals surface area contributed by atoms with Crippen LogP contribution in [0.2, 0.25) is 5.02 Å². The summed E-state index contributed by atoms with van der Waals surface area (Å²) in [7, 11) is -4.00. The fourth-order valence-corrected chi connectivity index (χ4v) is 9.50. The monoisotopic (exact) mass is 724 g/mol. The molecule has 3 atom stereocenters. The third-order valence-corrected chi connectivity index (χ3v) is 12.4. The highest BCUT2D eigenvalue weighted by Crippen LogP contribution is 2.56. The normalized spacial score (nSPS) is 25.0. The number of unbranched alkanes of at least 4 members (excludes halogenated alkanes) is 1. The Morgan fingerprint density at radius 2 is 1.90 bits per heavy atom. The first-order chi connectivity index (χ1) is 23.9. The lowest BCUT2D eigenvalue weighted by Crippen LogP contribution is -2.53. The van der Waals surface area contributed by atoms with Gasteiger partial charge in [0.1, 0.15) is 17.0 Å². The van der Waals surface area contributed by atoms with Crippen LogP contribution in [0.25, 0.3) is 0 Å². The number of benzene rings is 2. The van der Waals surface area contributed by atoms with Gasteiger partial charge in [-0.05, 0) is 141 Å². The number of carboxylic acid groups (broad SMARTS) is 1. The number of nitrogens with one attached hydrogen (secondary N) is 1. The summed E-state index contributed by atoms with van der Waals surface area (Å²) >= 11 is 6.25. The van der Waals surface area contributed by atoms with E-state index in [1.165, 1.54) is 16.7 Å². The van der Waals surface area contributed by atoms with Crippen molar-refractivity contribution >= 4 is 33.4 Å². The summed E-state index contributed by atoms with van der Waals surface area (Å²) in [5.41, 5.74) is 4.26. The van der Waals surface area contributed by atoms with Gasteiger partial charge in [0.05, 0.1) is 19.0 Å². The van der Waals surface area contributed by atoms with Crippen molar-refractivity contribution in [1.82, 2.24) is 4.98 Å². The van der Waals surface area contributed by atoms with Crippen LogP contribution in [0.5, 0.6) is 11.5 Å². The minimum absolute atomic E-state index is 0.229. The predicted octanol–water partition coefficient (Wildman–Crippen LogP) is 8.25. The first-order valence-corrected chi connectivity index (χ1v) is 20.0. The van der Waals surface area contributed by atoms with Crippen LogP contribution < -0.4 is 14.8 Å². The summed E-state index contributed by atoms with van der Waals surface area (Å²) in [4.78, 5) is 17.6. The number of rotatable bonds is 14. The zero-order valence-corrected chi connectivity index (χ0v) is 30.6. The highest BCUT2D eigenvalue weighted by Gasteiger charge is 2.54. The molecule has 0 aliphatic heterocycles. The average molecular weight is 725 g/mol. The van der Waals surface area contributed by atoms with Crippen molar-refractivity contribution in [3.63, 3.8) is 0 Å². The Balaban J connectivity index is 1.21.